The molecule has 0 saturated carbocycles. The van der Waals surface area contributed by atoms with E-state index in [4.69, 9.17) is 4.74 Å². The Morgan fingerprint density at radius 3 is 2.59 bits per heavy atom. The number of ether oxygens (including phenoxy) is 1. The Kier molecular flexibility index (Phi) is 4.26. The van der Waals surface area contributed by atoms with Crippen molar-refractivity contribution in [2.24, 2.45) is 0 Å². The van der Waals surface area contributed by atoms with E-state index in [1.165, 1.54) is 0 Å². The van der Waals surface area contributed by atoms with Crippen LogP contribution < -0.4 is 4.90 Å². The molecule has 1 aromatic rings. The molecule has 2 aliphatic rings. The van der Waals surface area contributed by atoms with Crippen LogP contribution in [-0.4, -0.2) is 54.7 Å². The molecule has 1 amide bonds. The summed E-state index contributed by atoms with van der Waals surface area (Å²) in [6.07, 6.45) is -3.11. The van der Waals surface area contributed by atoms with E-state index < -0.39 is 11.9 Å². The summed E-state index contributed by atoms with van der Waals surface area (Å²) in [5.41, 5.74) is -0.856. The van der Waals surface area contributed by atoms with E-state index in [9.17, 15) is 18.0 Å². The van der Waals surface area contributed by atoms with Crippen molar-refractivity contribution in [3.8, 4) is 0 Å². The molecule has 0 aromatic carbocycles. The Hall–Kier alpha value is -1.35. The Balaban J connectivity index is 1.57. The Morgan fingerprint density at radius 2 is 2.05 bits per heavy atom. The largest absolute Gasteiger partial charge is 0.434 e. The summed E-state index contributed by atoms with van der Waals surface area (Å²) < 4.78 is 43.1. The average molecular weight is 335 g/mol. The van der Waals surface area contributed by atoms with E-state index >= 15 is 0 Å². The normalized spacial score (nSPS) is 23.1. The highest BCUT2D eigenvalue weighted by molar-refractivity contribution is 7.13. The molecule has 2 aliphatic heterocycles. The van der Waals surface area contributed by atoms with Gasteiger partial charge in [0.2, 0.25) is 0 Å². The Morgan fingerprint density at radius 1 is 1.32 bits per heavy atom. The van der Waals surface area contributed by atoms with E-state index in [-0.39, 0.29) is 12.0 Å². The van der Waals surface area contributed by atoms with Gasteiger partial charge in [-0.25, -0.2) is 4.98 Å². The lowest BCUT2D eigenvalue weighted by molar-refractivity contribution is -0.141. The summed E-state index contributed by atoms with van der Waals surface area (Å²) in [5.74, 6) is -0.00716. The number of alkyl halides is 3. The van der Waals surface area contributed by atoms with Crippen LogP contribution in [0.1, 0.15) is 18.5 Å². The van der Waals surface area contributed by atoms with Crippen LogP contribution in [0, 0.1) is 0 Å². The third-order valence-electron chi connectivity index (χ3n) is 3.85. The number of thiazole rings is 1. The first kappa shape index (κ1) is 15.5. The van der Waals surface area contributed by atoms with Crippen molar-refractivity contribution >= 4 is 22.4 Å². The van der Waals surface area contributed by atoms with Gasteiger partial charge in [0, 0.05) is 38.2 Å². The molecule has 2 fully saturated rings. The number of rotatable bonds is 2. The molecule has 0 aliphatic carbocycles. The van der Waals surface area contributed by atoms with E-state index in [1.807, 2.05) is 0 Å². The van der Waals surface area contributed by atoms with Gasteiger partial charge >= 0.3 is 6.18 Å². The molecule has 1 aromatic heterocycles. The summed E-state index contributed by atoms with van der Waals surface area (Å²) >= 11 is 0.985. The van der Waals surface area contributed by atoms with Crippen LogP contribution >= 0.6 is 11.3 Å². The molecule has 2 saturated heterocycles. The van der Waals surface area contributed by atoms with Crippen LogP contribution in [0.3, 0.4) is 0 Å². The first-order valence-corrected chi connectivity index (χ1v) is 8.01. The summed E-state index contributed by atoms with van der Waals surface area (Å²) in [5, 5.41) is 1.38. The van der Waals surface area contributed by atoms with Crippen molar-refractivity contribution in [1.82, 2.24) is 9.88 Å². The van der Waals surface area contributed by atoms with Gasteiger partial charge < -0.3 is 14.5 Å². The number of carbonyl (C=O) groups excluding carboxylic acids is 1. The molecular weight excluding hydrogens is 319 g/mol. The monoisotopic (exact) mass is 335 g/mol. The fourth-order valence-electron chi connectivity index (χ4n) is 2.63. The molecule has 1 atom stereocenters. The topological polar surface area (TPSA) is 45.7 Å². The second-order valence-electron chi connectivity index (χ2n) is 5.33. The molecule has 1 unspecified atom stereocenters. The highest BCUT2D eigenvalue weighted by Gasteiger charge is 2.35. The summed E-state index contributed by atoms with van der Waals surface area (Å²) in [7, 11) is 0. The molecule has 0 bridgehead atoms. The molecule has 122 valence electrons. The number of anilines is 1. The molecule has 22 heavy (non-hydrogen) atoms. The van der Waals surface area contributed by atoms with Crippen LogP contribution in [0.5, 0.6) is 0 Å². The number of carbonyl (C=O) groups is 1. The molecule has 5 nitrogen and oxygen atoms in total. The van der Waals surface area contributed by atoms with Crippen LogP contribution in [0.25, 0.3) is 0 Å². The molecule has 3 heterocycles. The molecular formula is C13H16F3N3O2S. The number of halogens is 3. The van der Waals surface area contributed by atoms with E-state index in [0.29, 0.717) is 37.9 Å². The Bertz CT molecular complexity index is 535. The van der Waals surface area contributed by atoms with Crippen LogP contribution in [0.15, 0.2) is 5.38 Å². The zero-order valence-electron chi connectivity index (χ0n) is 11.8. The quantitative estimate of drug-likeness (QED) is 0.829. The first-order chi connectivity index (χ1) is 10.4. The van der Waals surface area contributed by atoms with Gasteiger partial charge in [-0.15, -0.1) is 11.3 Å². The third kappa shape index (κ3) is 3.19. The number of amides is 1. The summed E-state index contributed by atoms with van der Waals surface area (Å²) in [4.78, 5) is 19.4. The van der Waals surface area contributed by atoms with Crippen molar-refractivity contribution in [3.05, 3.63) is 11.1 Å². The Labute approximate surface area is 129 Å². The van der Waals surface area contributed by atoms with Crippen LogP contribution in [0.4, 0.5) is 18.3 Å². The van der Waals surface area contributed by atoms with E-state index in [0.717, 1.165) is 29.6 Å². The lowest BCUT2D eigenvalue weighted by Crippen LogP contribution is -2.51. The predicted octanol–water partition coefficient (Wildman–Crippen LogP) is 1.99. The molecule has 0 radical (unpaired) electrons. The van der Waals surface area contributed by atoms with Gasteiger partial charge in [-0.1, -0.05) is 0 Å². The highest BCUT2D eigenvalue weighted by Crippen LogP contribution is 2.33. The van der Waals surface area contributed by atoms with Gasteiger partial charge in [-0.3, -0.25) is 4.79 Å². The fourth-order valence-corrected chi connectivity index (χ4v) is 3.52. The second kappa shape index (κ2) is 6.04. The molecule has 0 N–H and O–H groups in total. The second-order valence-corrected chi connectivity index (χ2v) is 6.16. The number of nitrogens with zero attached hydrogens (tertiary/aromatic N) is 3. The highest BCUT2D eigenvalue weighted by atomic mass is 32.1. The first-order valence-electron chi connectivity index (χ1n) is 7.13. The van der Waals surface area contributed by atoms with Crippen LogP contribution in [0.2, 0.25) is 0 Å². The van der Waals surface area contributed by atoms with Gasteiger partial charge in [-0.05, 0) is 12.8 Å². The zero-order chi connectivity index (χ0) is 15.7. The maximum absolute atomic E-state index is 12.6. The van der Waals surface area contributed by atoms with E-state index in [1.54, 1.807) is 9.80 Å². The van der Waals surface area contributed by atoms with Crippen molar-refractivity contribution in [2.75, 3.05) is 37.7 Å². The van der Waals surface area contributed by atoms with Gasteiger partial charge in [0.05, 0.1) is 0 Å². The zero-order valence-corrected chi connectivity index (χ0v) is 12.6. The molecule has 3 rings (SSSR count). The average Bonchev–Trinajstić information content (AvgIpc) is 3.17. The molecule has 9 heteroatoms. The SMILES string of the molecule is O=C(C1CCCO1)N1CCN(c2nc(C(F)(F)F)cs2)CC1. The van der Waals surface area contributed by atoms with Crippen molar-refractivity contribution in [1.29, 1.82) is 0 Å². The predicted molar refractivity (Wildman–Crippen MR) is 74.9 cm³/mol. The number of hydrogen-bond acceptors (Lipinski definition) is 5. The molecule has 0 spiro atoms. The van der Waals surface area contributed by atoms with Gasteiger partial charge in [0.1, 0.15) is 6.10 Å². The maximum Gasteiger partial charge on any atom is 0.434 e. The van der Waals surface area contributed by atoms with Crippen molar-refractivity contribution in [3.63, 3.8) is 0 Å². The minimum Gasteiger partial charge on any atom is -0.368 e. The minimum atomic E-state index is -4.41. The minimum absolute atomic E-state index is 0.00716. The van der Waals surface area contributed by atoms with Crippen molar-refractivity contribution < 1.29 is 22.7 Å². The van der Waals surface area contributed by atoms with Crippen molar-refractivity contribution in [2.45, 2.75) is 25.1 Å². The smallest absolute Gasteiger partial charge is 0.368 e. The summed E-state index contributed by atoms with van der Waals surface area (Å²) in [6, 6.07) is 0. The van der Waals surface area contributed by atoms with Gasteiger partial charge in [0.25, 0.3) is 5.91 Å². The lowest BCUT2D eigenvalue weighted by Gasteiger charge is -2.35. The van der Waals surface area contributed by atoms with Crippen LogP contribution in [-0.2, 0) is 15.7 Å². The summed E-state index contributed by atoms with van der Waals surface area (Å²) in [6.45, 7) is 2.57. The number of piperazine rings is 1. The third-order valence-corrected chi connectivity index (χ3v) is 4.75. The number of hydrogen-bond donors (Lipinski definition) is 0. The maximum atomic E-state index is 12.6. The number of aromatic nitrogens is 1. The van der Waals surface area contributed by atoms with Gasteiger partial charge in [0.15, 0.2) is 10.8 Å². The lowest BCUT2D eigenvalue weighted by atomic mass is 10.2. The van der Waals surface area contributed by atoms with Gasteiger partial charge in [-0.2, -0.15) is 13.2 Å². The standard InChI is InChI=1S/C13H16F3N3O2S/c14-13(15,16)10-8-22-12(17-10)19-5-3-18(4-6-19)11(20)9-2-1-7-21-9/h8-9H,1-7H2. The van der Waals surface area contributed by atoms with E-state index in [2.05, 4.69) is 4.98 Å². The fraction of sp³-hybridized carbons (Fsp3) is 0.692.